The lowest BCUT2D eigenvalue weighted by Crippen LogP contribution is -1.82. The van der Waals surface area contributed by atoms with E-state index < -0.39 is 11.1 Å². The molecular formula is C3H6O2S. The van der Waals surface area contributed by atoms with Crippen molar-refractivity contribution in [2.45, 2.75) is 0 Å². The molecule has 0 aliphatic rings. The lowest BCUT2D eigenvalue weighted by molar-refractivity contribution is 0.512. The van der Waals surface area contributed by atoms with Gasteiger partial charge in [0.25, 0.3) is 0 Å². The van der Waals surface area contributed by atoms with E-state index in [2.05, 4.69) is 10.8 Å². The summed E-state index contributed by atoms with van der Waals surface area (Å²) in [7, 11) is 0. The summed E-state index contributed by atoms with van der Waals surface area (Å²) in [5.41, 5.74) is 0. The van der Waals surface area contributed by atoms with Gasteiger partial charge in [0, 0.05) is 6.26 Å². The minimum atomic E-state index is -1.18. The highest BCUT2D eigenvalue weighted by Gasteiger charge is 1.75. The molecule has 0 aromatic rings. The van der Waals surface area contributed by atoms with Gasteiger partial charge in [-0.3, -0.25) is 0 Å². The molecule has 0 saturated heterocycles. The Labute approximate surface area is 39.5 Å². The first kappa shape index (κ1) is 5.69. The highest BCUT2D eigenvalue weighted by Crippen LogP contribution is 1.74. The van der Waals surface area contributed by atoms with E-state index in [4.69, 9.17) is 0 Å². The molecule has 0 aliphatic carbocycles. The van der Waals surface area contributed by atoms with Crippen LogP contribution in [-0.2, 0) is 15.3 Å². The van der Waals surface area contributed by atoms with Crippen molar-refractivity contribution in [3.05, 3.63) is 12.8 Å². The Kier molecular flexibility index (Phi) is 2.75. The van der Waals surface area contributed by atoms with Crippen molar-refractivity contribution in [1.29, 1.82) is 0 Å². The molecule has 0 N–H and O–H groups in total. The van der Waals surface area contributed by atoms with Crippen LogP contribution in [0.3, 0.4) is 0 Å². The summed E-state index contributed by atoms with van der Waals surface area (Å²) in [5.74, 6) is 0. The molecule has 36 valence electrons. The fraction of sp³-hybridized carbons (Fsp3) is 0.333. The van der Waals surface area contributed by atoms with Gasteiger partial charge in [-0.05, 0) is 0 Å². The van der Waals surface area contributed by atoms with E-state index in [9.17, 15) is 4.21 Å². The van der Waals surface area contributed by atoms with Gasteiger partial charge in [0.2, 0.25) is 11.1 Å². The second kappa shape index (κ2) is 2.90. The molecule has 0 aromatic carbocycles. The van der Waals surface area contributed by atoms with Crippen molar-refractivity contribution in [3.8, 4) is 0 Å². The molecule has 0 fully saturated rings. The Morgan fingerprint density at radius 3 is 2.50 bits per heavy atom. The zero-order valence-electron chi connectivity index (χ0n) is 3.51. The third kappa shape index (κ3) is 3.69. The third-order valence-corrected chi connectivity index (χ3v) is 0.611. The van der Waals surface area contributed by atoms with E-state index in [-0.39, 0.29) is 0 Å². The average molecular weight is 106 g/mol. The summed E-state index contributed by atoms with van der Waals surface area (Å²) >= 11 is -1.18. The van der Waals surface area contributed by atoms with Crippen LogP contribution >= 0.6 is 0 Å². The fourth-order valence-electron chi connectivity index (χ4n) is 0.0958. The van der Waals surface area contributed by atoms with E-state index in [1.165, 1.54) is 6.26 Å². The van der Waals surface area contributed by atoms with Gasteiger partial charge < -0.3 is 4.18 Å². The van der Waals surface area contributed by atoms with Crippen molar-refractivity contribution in [1.82, 2.24) is 0 Å². The first-order valence-electron chi connectivity index (χ1n) is 1.39. The average Bonchev–Trinajstić information content (AvgIpc) is 1.35. The van der Waals surface area contributed by atoms with Crippen LogP contribution in [0.5, 0.6) is 0 Å². The molecule has 1 atom stereocenters. The Morgan fingerprint density at radius 1 is 2.00 bits per heavy atom. The summed E-state index contributed by atoms with van der Waals surface area (Å²) in [6.45, 7) is 3.19. The molecule has 6 heavy (non-hydrogen) atoms. The highest BCUT2D eigenvalue weighted by molar-refractivity contribution is 7.79. The number of hydrogen-bond donors (Lipinski definition) is 0. The van der Waals surface area contributed by atoms with E-state index in [1.54, 1.807) is 0 Å². The lowest BCUT2D eigenvalue weighted by atomic mass is 11.2. The minimum Gasteiger partial charge on any atom is -0.409 e. The van der Waals surface area contributed by atoms with Gasteiger partial charge in [-0.15, -0.1) is 0 Å². The standard InChI is InChI=1S/C3H6O2S/c1-3-5-6(2)4/h3H,1H2,2H3. The summed E-state index contributed by atoms with van der Waals surface area (Å²) < 4.78 is 14.1. The molecule has 1 unspecified atom stereocenters. The predicted octanol–water partition coefficient (Wildman–Crippen LogP) is 0.440. The molecule has 0 aromatic heterocycles. The smallest absolute Gasteiger partial charge is 0.202 e. The van der Waals surface area contributed by atoms with Crippen LogP contribution in [0.4, 0.5) is 0 Å². The van der Waals surface area contributed by atoms with E-state index in [0.29, 0.717) is 0 Å². The summed E-state index contributed by atoms with van der Waals surface area (Å²) in [6, 6.07) is 0. The van der Waals surface area contributed by atoms with Gasteiger partial charge in [0.05, 0.1) is 6.26 Å². The largest absolute Gasteiger partial charge is 0.409 e. The van der Waals surface area contributed by atoms with Crippen LogP contribution in [0.25, 0.3) is 0 Å². The van der Waals surface area contributed by atoms with Gasteiger partial charge in [0.1, 0.15) is 0 Å². The van der Waals surface area contributed by atoms with Gasteiger partial charge in [-0.1, -0.05) is 6.58 Å². The van der Waals surface area contributed by atoms with Crippen LogP contribution in [0.15, 0.2) is 12.8 Å². The van der Waals surface area contributed by atoms with E-state index >= 15 is 0 Å². The molecule has 0 radical (unpaired) electrons. The minimum absolute atomic E-state index is 1.15. The molecule has 0 amide bonds. The first-order chi connectivity index (χ1) is 2.77. The molecule has 0 heterocycles. The van der Waals surface area contributed by atoms with Crippen LogP contribution < -0.4 is 0 Å². The maximum Gasteiger partial charge on any atom is 0.202 e. The predicted molar refractivity (Wildman–Crippen MR) is 25.3 cm³/mol. The zero-order valence-corrected chi connectivity index (χ0v) is 4.33. The second-order valence-corrected chi connectivity index (χ2v) is 1.66. The van der Waals surface area contributed by atoms with Crippen LogP contribution in [0.1, 0.15) is 0 Å². The van der Waals surface area contributed by atoms with Crippen LogP contribution in [-0.4, -0.2) is 10.5 Å². The van der Waals surface area contributed by atoms with Crippen LogP contribution in [0, 0.1) is 0 Å². The maximum atomic E-state index is 9.86. The fourth-order valence-corrected chi connectivity index (χ4v) is 0.287. The van der Waals surface area contributed by atoms with Gasteiger partial charge in [-0.2, -0.15) is 0 Å². The topological polar surface area (TPSA) is 26.3 Å². The number of rotatable bonds is 2. The normalized spacial score (nSPS) is 12.8. The molecule has 2 nitrogen and oxygen atoms in total. The first-order valence-corrected chi connectivity index (χ1v) is 2.87. The molecule has 0 rings (SSSR count). The molecule has 3 heteroatoms. The highest BCUT2D eigenvalue weighted by atomic mass is 32.2. The van der Waals surface area contributed by atoms with Crippen molar-refractivity contribution in [3.63, 3.8) is 0 Å². The van der Waals surface area contributed by atoms with Crippen molar-refractivity contribution >= 4 is 11.1 Å². The van der Waals surface area contributed by atoms with E-state index in [0.717, 1.165) is 6.26 Å². The van der Waals surface area contributed by atoms with Crippen molar-refractivity contribution in [2.24, 2.45) is 0 Å². The van der Waals surface area contributed by atoms with Gasteiger partial charge in [-0.25, -0.2) is 4.21 Å². The summed E-state index contributed by atoms with van der Waals surface area (Å²) in [4.78, 5) is 0. The van der Waals surface area contributed by atoms with Crippen LogP contribution in [0.2, 0.25) is 0 Å². The second-order valence-electron chi connectivity index (χ2n) is 0.664. The summed E-state index contributed by atoms with van der Waals surface area (Å²) in [6.07, 6.45) is 2.58. The zero-order chi connectivity index (χ0) is 4.99. The monoisotopic (exact) mass is 106 g/mol. The van der Waals surface area contributed by atoms with Gasteiger partial charge >= 0.3 is 0 Å². The Morgan fingerprint density at radius 2 is 2.50 bits per heavy atom. The van der Waals surface area contributed by atoms with Crippen molar-refractivity contribution < 1.29 is 8.39 Å². The molecule has 0 bridgehead atoms. The van der Waals surface area contributed by atoms with Gasteiger partial charge in [0.15, 0.2) is 0 Å². The SMILES string of the molecule is C=COS(C)=O. The Balaban J connectivity index is 3.05. The summed E-state index contributed by atoms with van der Waals surface area (Å²) in [5, 5.41) is 0. The number of hydrogen-bond acceptors (Lipinski definition) is 2. The quantitative estimate of drug-likeness (QED) is 0.477. The third-order valence-electron chi connectivity index (χ3n) is 0.204. The van der Waals surface area contributed by atoms with E-state index in [1.807, 2.05) is 0 Å². The Bertz CT molecular complexity index is 69.2. The molecule has 0 spiro atoms. The molecular weight excluding hydrogens is 100 g/mol. The Hall–Kier alpha value is -0.310. The van der Waals surface area contributed by atoms with Crippen molar-refractivity contribution in [2.75, 3.05) is 6.26 Å². The molecule has 0 aliphatic heterocycles. The molecule has 0 saturated carbocycles. The maximum absolute atomic E-state index is 9.86. The lowest BCUT2D eigenvalue weighted by Gasteiger charge is -1.84.